The van der Waals surface area contributed by atoms with E-state index in [1.165, 1.54) is 10.5 Å². The molecule has 1 atom stereocenters. The van der Waals surface area contributed by atoms with Crippen molar-refractivity contribution in [2.45, 2.75) is 13.0 Å². The van der Waals surface area contributed by atoms with Crippen LogP contribution in [0.15, 0.2) is 66.7 Å². The molecule has 3 aromatic carbocycles. The molecule has 1 amide bonds. The highest BCUT2D eigenvalue weighted by Crippen LogP contribution is 2.18. The van der Waals surface area contributed by atoms with Gasteiger partial charge in [0.1, 0.15) is 25.7 Å². The lowest BCUT2D eigenvalue weighted by atomic mass is 10.0. The third-order valence-corrected chi connectivity index (χ3v) is 5.49. The smallest absolute Gasteiger partial charge is 0.251 e. The number of morpholine rings is 1. The number of aryl methyl sites for hydroxylation is 1. The fourth-order valence-electron chi connectivity index (χ4n) is 3.78. The lowest BCUT2D eigenvalue weighted by Crippen LogP contribution is -3.14. The molecule has 1 heterocycles. The van der Waals surface area contributed by atoms with Gasteiger partial charge < -0.3 is 15.0 Å². The highest BCUT2D eigenvalue weighted by atomic mass is 16.5. The van der Waals surface area contributed by atoms with Crippen LogP contribution >= 0.6 is 0 Å². The fraction of sp³-hybridized carbons (Fsp3) is 0.292. The fourth-order valence-corrected chi connectivity index (χ4v) is 3.78. The standard InChI is InChI=1S/C24H26N2O2/c1-18-6-8-20(9-7-18)23(17-26-12-14-28-15-13-26)25-24(27)22-11-10-19-4-2-3-5-21(19)16-22/h2-11,16,23H,12-15,17H2,1H3,(H,25,27)/p+1/t23-/m1/s1. The van der Waals surface area contributed by atoms with E-state index in [0.717, 1.165) is 49.2 Å². The van der Waals surface area contributed by atoms with Crippen molar-refractivity contribution < 1.29 is 14.4 Å². The number of rotatable bonds is 5. The molecular weight excluding hydrogens is 348 g/mol. The molecule has 4 rings (SSSR count). The second-order valence-corrected chi connectivity index (χ2v) is 7.57. The third kappa shape index (κ3) is 4.41. The summed E-state index contributed by atoms with van der Waals surface area (Å²) >= 11 is 0. The first-order chi connectivity index (χ1) is 13.7. The molecule has 144 valence electrons. The van der Waals surface area contributed by atoms with E-state index >= 15 is 0 Å². The quantitative estimate of drug-likeness (QED) is 0.720. The summed E-state index contributed by atoms with van der Waals surface area (Å²) in [6.07, 6.45) is 0. The average molecular weight is 375 g/mol. The van der Waals surface area contributed by atoms with Gasteiger partial charge in [0.2, 0.25) is 0 Å². The van der Waals surface area contributed by atoms with Crippen molar-refractivity contribution >= 4 is 16.7 Å². The Balaban J connectivity index is 1.55. The van der Waals surface area contributed by atoms with E-state index in [9.17, 15) is 4.79 Å². The Morgan fingerprint density at radius 3 is 2.46 bits per heavy atom. The molecule has 0 unspecified atom stereocenters. The minimum absolute atomic E-state index is 0.0207. The third-order valence-electron chi connectivity index (χ3n) is 5.49. The van der Waals surface area contributed by atoms with E-state index in [1.807, 2.05) is 36.4 Å². The molecule has 0 aromatic heterocycles. The molecule has 1 saturated heterocycles. The van der Waals surface area contributed by atoms with Gasteiger partial charge in [-0.2, -0.15) is 0 Å². The maximum Gasteiger partial charge on any atom is 0.251 e. The predicted octanol–water partition coefficient (Wildman–Crippen LogP) is 2.53. The van der Waals surface area contributed by atoms with Crippen molar-refractivity contribution in [3.05, 3.63) is 83.4 Å². The molecule has 3 aromatic rings. The molecule has 1 aliphatic heterocycles. The molecule has 0 bridgehead atoms. The summed E-state index contributed by atoms with van der Waals surface area (Å²) in [5.74, 6) is -0.0241. The minimum Gasteiger partial charge on any atom is -0.370 e. The molecule has 0 spiro atoms. The van der Waals surface area contributed by atoms with E-state index in [-0.39, 0.29) is 11.9 Å². The maximum atomic E-state index is 13.0. The van der Waals surface area contributed by atoms with Crippen LogP contribution in [-0.2, 0) is 4.74 Å². The topological polar surface area (TPSA) is 42.8 Å². The van der Waals surface area contributed by atoms with Crippen LogP contribution in [0.25, 0.3) is 10.8 Å². The van der Waals surface area contributed by atoms with Crippen LogP contribution in [0.1, 0.15) is 27.5 Å². The molecule has 0 aliphatic carbocycles. The lowest BCUT2D eigenvalue weighted by Gasteiger charge is -2.28. The molecular formula is C24H27N2O2+. The number of hydrogen-bond acceptors (Lipinski definition) is 2. The first kappa shape index (κ1) is 18.7. The Bertz CT molecular complexity index is 946. The van der Waals surface area contributed by atoms with Crippen molar-refractivity contribution in [1.82, 2.24) is 5.32 Å². The summed E-state index contributed by atoms with van der Waals surface area (Å²) in [7, 11) is 0. The van der Waals surface area contributed by atoms with Crippen molar-refractivity contribution in [3.8, 4) is 0 Å². The number of benzene rings is 3. The zero-order chi connectivity index (χ0) is 19.3. The molecule has 4 nitrogen and oxygen atoms in total. The first-order valence-corrected chi connectivity index (χ1v) is 9.96. The van der Waals surface area contributed by atoms with Gasteiger partial charge >= 0.3 is 0 Å². The second-order valence-electron chi connectivity index (χ2n) is 7.57. The van der Waals surface area contributed by atoms with Gasteiger partial charge in [-0.3, -0.25) is 4.79 Å². The van der Waals surface area contributed by atoms with Gasteiger partial charge in [0.15, 0.2) is 0 Å². The Kier molecular flexibility index (Phi) is 5.70. The van der Waals surface area contributed by atoms with Gasteiger partial charge in [0, 0.05) is 5.56 Å². The maximum absolute atomic E-state index is 13.0. The van der Waals surface area contributed by atoms with Crippen LogP contribution in [-0.4, -0.2) is 38.8 Å². The number of fused-ring (bicyclic) bond motifs is 1. The van der Waals surface area contributed by atoms with E-state index in [0.29, 0.717) is 5.56 Å². The minimum atomic E-state index is -0.0241. The van der Waals surface area contributed by atoms with Gasteiger partial charge in [0.05, 0.1) is 13.2 Å². The van der Waals surface area contributed by atoms with Crippen LogP contribution in [0.4, 0.5) is 0 Å². The molecule has 28 heavy (non-hydrogen) atoms. The number of amides is 1. The lowest BCUT2D eigenvalue weighted by molar-refractivity contribution is -0.909. The SMILES string of the molecule is Cc1ccc([C@@H](C[NH+]2CCOCC2)NC(=O)c2ccc3ccccc3c2)cc1. The van der Waals surface area contributed by atoms with Gasteiger partial charge in [-0.05, 0) is 35.4 Å². The van der Waals surface area contributed by atoms with E-state index in [1.54, 1.807) is 0 Å². The van der Waals surface area contributed by atoms with Gasteiger partial charge in [-0.1, -0.05) is 60.2 Å². The van der Waals surface area contributed by atoms with Gasteiger partial charge in [-0.25, -0.2) is 0 Å². The predicted molar refractivity (Wildman–Crippen MR) is 112 cm³/mol. The van der Waals surface area contributed by atoms with Crippen molar-refractivity contribution in [3.63, 3.8) is 0 Å². The summed E-state index contributed by atoms with van der Waals surface area (Å²) in [5, 5.41) is 5.51. The highest BCUT2D eigenvalue weighted by molar-refractivity contribution is 5.98. The molecule has 1 fully saturated rings. The zero-order valence-corrected chi connectivity index (χ0v) is 16.3. The van der Waals surface area contributed by atoms with Crippen molar-refractivity contribution in [1.29, 1.82) is 0 Å². The van der Waals surface area contributed by atoms with Crippen LogP contribution in [0.3, 0.4) is 0 Å². The molecule has 0 saturated carbocycles. The highest BCUT2D eigenvalue weighted by Gasteiger charge is 2.23. The largest absolute Gasteiger partial charge is 0.370 e. The zero-order valence-electron chi connectivity index (χ0n) is 16.3. The number of ether oxygens (including phenoxy) is 1. The summed E-state index contributed by atoms with van der Waals surface area (Å²) in [6.45, 7) is 6.48. The molecule has 1 aliphatic rings. The number of quaternary nitrogens is 1. The Hall–Kier alpha value is -2.69. The van der Waals surface area contributed by atoms with Crippen molar-refractivity contribution in [2.75, 3.05) is 32.8 Å². The summed E-state index contributed by atoms with van der Waals surface area (Å²) in [5.41, 5.74) is 3.08. The van der Waals surface area contributed by atoms with Crippen LogP contribution in [0, 0.1) is 6.92 Å². The van der Waals surface area contributed by atoms with Gasteiger partial charge in [0.25, 0.3) is 5.91 Å². The van der Waals surface area contributed by atoms with Crippen molar-refractivity contribution in [2.24, 2.45) is 0 Å². The Labute approximate surface area is 166 Å². The number of carbonyl (C=O) groups excluding carboxylic acids is 1. The normalized spacial score (nSPS) is 16.0. The number of nitrogens with one attached hydrogen (secondary N) is 2. The average Bonchev–Trinajstić information content (AvgIpc) is 2.74. The number of carbonyl (C=O) groups is 1. The van der Waals surface area contributed by atoms with Crippen LogP contribution in [0.2, 0.25) is 0 Å². The Morgan fingerprint density at radius 1 is 1.00 bits per heavy atom. The number of hydrogen-bond donors (Lipinski definition) is 2. The van der Waals surface area contributed by atoms with E-state index in [4.69, 9.17) is 4.74 Å². The molecule has 0 radical (unpaired) electrons. The first-order valence-electron chi connectivity index (χ1n) is 9.96. The summed E-state index contributed by atoms with van der Waals surface area (Å²) < 4.78 is 5.49. The Morgan fingerprint density at radius 2 is 1.71 bits per heavy atom. The molecule has 2 N–H and O–H groups in total. The van der Waals surface area contributed by atoms with Gasteiger partial charge in [-0.15, -0.1) is 0 Å². The van der Waals surface area contributed by atoms with Crippen LogP contribution in [0.5, 0.6) is 0 Å². The molecule has 4 heteroatoms. The van der Waals surface area contributed by atoms with E-state index in [2.05, 4.69) is 42.6 Å². The second kappa shape index (κ2) is 8.55. The summed E-state index contributed by atoms with van der Waals surface area (Å²) in [4.78, 5) is 14.5. The van der Waals surface area contributed by atoms with E-state index < -0.39 is 0 Å². The summed E-state index contributed by atoms with van der Waals surface area (Å²) in [6, 6.07) is 22.5. The monoisotopic (exact) mass is 375 g/mol. The van der Waals surface area contributed by atoms with Crippen LogP contribution < -0.4 is 10.2 Å².